The summed E-state index contributed by atoms with van der Waals surface area (Å²) in [5.41, 5.74) is -3.58. The predicted octanol–water partition coefficient (Wildman–Crippen LogP) is 5.25. The molecule has 0 bridgehead atoms. The highest BCUT2D eigenvalue weighted by Gasteiger charge is 2.39. The second-order valence-electron chi connectivity index (χ2n) is 7.71. The van der Waals surface area contributed by atoms with Gasteiger partial charge in [-0.05, 0) is 29.8 Å². The van der Waals surface area contributed by atoms with E-state index >= 15 is 0 Å². The summed E-state index contributed by atoms with van der Waals surface area (Å²) in [6.45, 7) is 0.421. The molecular weight excluding hydrogens is 462 g/mol. The monoisotopic (exact) mass is 481 g/mol. The van der Waals surface area contributed by atoms with E-state index in [9.17, 15) is 39.9 Å². The van der Waals surface area contributed by atoms with Crippen LogP contribution in [-0.2, 0) is 12.4 Å². The average molecular weight is 481 g/mol. The topological polar surface area (TPSA) is 35.6 Å². The van der Waals surface area contributed by atoms with E-state index in [0.29, 0.717) is 23.1 Å². The molecule has 1 N–H and O–H groups in total. The Morgan fingerprint density at radius 3 is 2.00 bits per heavy atom. The minimum absolute atomic E-state index is 0.0280. The van der Waals surface area contributed by atoms with Crippen LogP contribution in [0.25, 0.3) is 0 Å². The van der Waals surface area contributed by atoms with Crippen LogP contribution in [0.4, 0.5) is 45.6 Å². The van der Waals surface area contributed by atoms with Crippen LogP contribution < -0.4 is 10.2 Å². The third-order valence-electron chi connectivity index (χ3n) is 5.59. The van der Waals surface area contributed by atoms with Gasteiger partial charge in [-0.2, -0.15) is 26.3 Å². The number of carbonyl (C=O) groups excluding carboxylic acids is 1. The summed E-state index contributed by atoms with van der Waals surface area (Å²) >= 11 is 0. The Morgan fingerprint density at radius 1 is 0.909 bits per heavy atom. The lowest BCUT2D eigenvalue weighted by Crippen LogP contribution is -2.47. The van der Waals surface area contributed by atoms with Crippen molar-refractivity contribution in [2.24, 2.45) is 0 Å². The second-order valence-corrected chi connectivity index (χ2v) is 7.71. The first-order valence-corrected chi connectivity index (χ1v) is 9.66. The number of carbonyl (C=O) groups is 1. The summed E-state index contributed by atoms with van der Waals surface area (Å²) in [5.74, 6) is -2.22. The lowest BCUT2D eigenvalue weighted by molar-refractivity contribution is -0.143. The number of benzene rings is 2. The van der Waals surface area contributed by atoms with Crippen molar-refractivity contribution >= 4 is 11.7 Å². The fourth-order valence-corrected chi connectivity index (χ4v) is 3.81. The molecule has 1 heterocycles. The number of hydrogen-bond acceptors (Lipinski definition) is 2. The fourth-order valence-electron chi connectivity index (χ4n) is 3.81. The molecule has 0 radical (unpaired) electrons. The standard InChI is InChI=1S/C21H19F8N3O/c1-31(14-6-11(20(24,25)26)5-12(7-14)21(27,28)29)19(33)32(2)18-10-30-9-16(18)15-4-3-13(22)8-17(15)23/h3-8,16,18,30H,9-10H2,1-2H3/t16-,18+/m0/s1. The minimum atomic E-state index is -5.06. The maximum absolute atomic E-state index is 14.3. The third kappa shape index (κ3) is 5.21. The lowest BCUT2D eigenvalue weighted by Gasteiger charge is -2.33. The number of alkyl halides is 6. The highest BCUT2D eigenvalue weighted by atomic mass is 19.4. The second kappa shape index (κ2) is 8.81. The molecule has 0 spiro atoms. The van der Waals surface area contributed by atoms with Crippen molar-refractivity contribution in [2.75, 3.05) is 32.1 Å². The van der Waals surface area contributed by atoms with Gasteiger partial charge >= 0.3 is 18.4 Å². The number of halogens is 8. The molecule has 12 heteroatoms. The van der Waals surface area contributed by atoms with Crippen molar-refractivity contribution in [3.8, 4) is 0 Å². The van der Waals surface area contributed by atoms with Crippen LogP contribution in [-0.4, -0.2) is 44.2 Å². The number of anilines is 1. The molecule has 2 aromatic carbocycles. The molecule has 0 aliphatic carbocycles. The van der Waals surface area contributed by atoms with Crippen LogP contribution in [0.2, 0.25) is 0 Å². The molecule has 33 heavy (non-hydrogen) atoms. The molecule has 0 aromatic heterocycles. The summed E-state index contributed by atoms with van der Waals surface area (Å²) in [6, 6.07) is 2.27. The van der Waals surface area contributed by atoms with Crippen LogP contribution in [0.3, 0.4) is 0 Å². The molecule has 1 aliphatic heterocycles. The SMILES string of the molecule is CN(C(=O)N(C)[C@@H]1CNC[C@H]1c1ccc(F)cc1F)c1cc(C(F)(F)F)cc(C(F)(F)F)c1. The van der Waals surface area contributed by atoms with Gasteiger partial charge in [0.1, 0.15) is 11.6 Å². The number of nitrogens with one attached hydrogen (secondary N) is 1. The first-order valence-electron chi connectivity index (χ1n) is 9.66. The molecule has 2 aromatic rings. The molecule has 1 fully saturated rings. The van der Waals surface area contributed by atoms with Gasteiger partial charge in [-0.25, -0.2) is 13.6 Å². The molecule has 2 atom stereocenters. The predicted molar refractivity (Wildman–Crippen MR) is 104 cm³/mol. The Morgan fingerprint density at radius 2 is 1.48 bits per heavy atom. The van der Waals surface area contributed by atoms with Crippen molar-refractivity contribution in [3.05, 3.63) is 64.7 Å². The number of hydrogen-bond donors (Lipinski definition) is 1. The van der Waals surface area contributed by atoms with E-state index in [2.05, 4.69) is 5.32 Å². The largest absolute Gasteiger partial charge is 0.416 e. The van der Waals surface area contributed by atoms with Crippen molar-refractivity contribution in [1.82, 2.24) is 10.2 Å². The Labute approximate surface area is 183 Å². The van der Waals surface area contributed by atoms with Gasteiger partial charge in [0.2, 0.25) is 0 Å². The highest BCUT2D eigenvalue weighted by Crippen LogP contribution is 2.38. The maximum atomic E-state index is 14.3. The number of likely N-dealkylation sites (N-methyl/N-ethyl adjacent to an activating group) is 1. The number of rotatable bonds is 3. The van der Waals surface area contributed by atoms with Gasteiger partial charge in [0, 0.05) is 44.9 Å². The Balaban J connectivity index is 1.91. The van der Waals surface area contributed by atoms with Crippen molar-refractivity contribution in [3.63, 3.8) is 0 Å². The van der Waals surface area contributed by atoms with Crippen LogP contribution >= 0.6 is 0 Å². The third-order valence-corrected chi connectivity index (χ3v) is 5.59. The maximum Gasteiger partial charge on any atom is 0.416 e. The molecule has 3 rings (SSSR count). The zero-order valence-electron chi connectivity index (χ0n) is 17.4. The van der Waals surface area contributed by atoms with E-state index in [1.54, 1.807) is 0 Å². The van der Waals surface area contributed by atoms with Crippen LogP contribution in [0.5, 0.6) is 0 Å². The summed E-state index contributed by atoms with van der Waals surface area (Å²) in [5, 5.41) is 2.96. The first kappa shape index (κ1) is 24.7. The van der Waals surface area contributed by atoms with Gasteiger partial charge in [-0.1, -0.05) is 6.07 Å². The van der Waals surface area contributed by atoms with Crippen LogP contribution in [0.1, 0.15) is 22.6 Å². The van der Waals surface area contributed by atoms with E-state index in [4.69, 9.17) is 0 Å². The molecule has 0 unspecified atom stereocenters. The van der Waals surface area contributed by atoms with Gasteiger partial charge in [0.25, 0.3) is 0 Å². The summed E-state index contributed by atoms with van der Waals surface area (Å²) in [4.78, 5) is 14.8. The van der Waals surface area contributed by atoms with Gasteiger partial charge in [0.15, 0.2) is 0 Å². The molecular formula is C21H19F8N3O. The quantitative estimate of drug-likeness (QED) is 0.609. The Kier molecular flexibility index (Phi) is 6.60. The summed E-state index contributed by atoms with van der Waals surface area (Å²) < 4.78 is 106. The number of urea groups is 1. The first-order chi connectivity index (χ1) is 15.2. The minimum Gasteiger partial charge on any atom is -0.322 e. The van der Waals surface area contributed by atoms with Crippen LogP contribution in [0.15, 0.2) is 36.4 Å². The molecule has 1 saturated heterocycles. The van der Waals surface area contributed by atoms with Crippen molar-refractivity contribution in [1.29, 1.82) is 0 Å². The zero-order valence-corrected chi connectivity index (χ0v) is 17.4. The van der Waals surface area contributed by atoms with Gasteiger partial charge in [0.05, 0.1) is 17.2 Å². The van der Waals surface area contributed by atoms with E-state index in [-0.39, 0.29) is 24.7 Å². The van der Waals surface area contributed by atoms with E-state index in [1.807, 2.05) is 0 Å². The Bertz CT molecular complexity index is 1000. The fraction of sp³-hybridized carbons (Fsp3) is 0.381. The van der Waals surface area contributed by atoms with Gasteiger partial charge in [-0.3, -0.25) is 4.90 Å². The summed E-state index contributed by atoms with van der Waals surface area (Å²) in [7, 11) is 2.35. The van der Waals surface area contributed by atoms with E-state index in [0.717, 1.165) is 18.0 Å². The number of nitrogens with zero attached hydrogens (tertiary/aromatic N) is 2. The van der Waals surface area contributed by atoms with Crippen LogP contribution in [0, 0.1) is 11.6 Å². The average Bonchev–Trinajstić information content (AvgIpc) is 3.20. The molecule has 1 aliphatic rings. The van der Waals surface area contributed by atoms with Crippen molar-refractivity contribution < 1.29 is 39.9 Å². The summed E-state index contributed by atoms with van der Waals surface area (Å²) in [6.07, 6.45) is -10.1. The number of amides is 2. The zero-order chi connectivity index (χ0) is 24.7. The molecule has 0 saturated carbocycles. The van der Waals surface area contributed by atoms with E-state index in [1.165, 1.54) is 13.1 Å². The van der Waals surface area contributed by atoms with Gasteiger partial charge < -0.3 is 10.2 Å². The molecule has 2 amide bonds. The molecule has 4 nitrogen and oxygen atoms in total. The highest BCUT2D eigenvalue weighted by molar-refractivity contribution is 5.92. The molecule has 180 valence electrons. The lowest BCUT2D eigenvalue weighted by atomic mass is 9.93. The van der Waals surface area contributed by atoms with E-state index < -0.39 is 58.8 Å². The Hall–Kier alpha value is -2.89. The van der Waals surface area contributed by atoms with Crippen molar-refractivity contribution in [2.45, 2.75) is 24.3 Å². The smallest absolute Gasteiger partial charge is 0.322 e. The normalized spacial score (nSPS) is 19.0. The van der Waals surface area contributed by atoms with Gasteiger partial charge in [-0.15, -0.1) is 0 Å².